The van der Waals surface area contributed by atoms with E-state index in [2.05, 4.69) is 4.90 Å². The third-order valence-corrected chi connectivity index (χ3v) is 6.85. The van der Waals surface area contributed by atoms with Gasteiger partial charge in [-0.15, -0.1) is 0 Å². The molecule has 0 amide bonds. The molecule has 0 fully saturated rings. The number of fused-ring (bicyclic) bond motifs is 3. The Kier molecular flexibility index (Phi) is 6.11. The Morgan fingerprint density at radius 3 is 2.58 bits per heavy atom. The first-order valence-corrected chi connectivity index (χ1v) is 11.7. The topological polar surface area (TPSA) is 38.8 Å². The second-order valence-electron chi connectivity index (χ2n) is 8.19. The zero-order valence-electron chi connectivity index (χ0n) is 17.8. The second-order valence-corrected chi connectivity index (χ2v) is 9.44. The Hall–Kier alpha value is -2.50. The van der Waals surface area contributed by atoms with Crippen LogP contribution in [0.2, 0.25) is 15.1 Å². The first-order chi connectivity index (χ1) is 15.9. The van der Waals surface area contributed by atoms with Gasteiger partial charge in [0.1, 0.15) is 18.2 Å². The van der Waals surface area contributed by atoms with Crippen LogP contribution >= 0.6 is 34.8 Å². The quantitative estimate of drug-likeness (QED) is 0.363. The summed E-state index contributed by atoms with van der Waals surface area (Å²) in [6, 6.07) is 15.0. The van der Waals surface area contributed by atoms with Gasteiger partial charge in [0.15, 0.2) is 5.76 Å². The van der Waals surface area contributed by atoms with Crippen molar-refractivity contribution < 1.29 is 14.3 Å². The monoisotopic (exact) mass is 499 g/mol. The molecule has 2 heterocycles. The lowest BCUT2D eigenvalue weighted by Crippen LogP contribution is -2.33. The maximum absolute atomic E-state index is 13.2. The average Bonchev–Trinajstić information content (AvgIpc) is 3.13. The number of ketones is 1. The van der Waals surface area contributed by atoms with Crippen LogP contribution in [0.15, 0.2) is 54.3 Å². The van der Waals surface area contributed by atoms with Crippen LogP contribution < -0.4 is 9.47 Å². The summed E-state index contributed by atoms with van der Waals surface area (Å²) in [5, 5.41) is 1.61. The maximum atomic E-state index is 13.2. The Balaban J connectivity index is 1.39. The number of nitrogens with zero attached hydrogens (tertiary/aromatic N) is 1. The number of carbonyl (C=O) groups excluding carboxylic acids is 1. The number of ether oxygens (including phenoxy) is 2. The first-order valence-electron chi connectivity index (χ1n) is 10.5. The van der Waals surface area contributed by atoms with Crippen LogP contribution in [0.3, 0.4) is 0 Å². The molecule has 33 heavy (non-hydrogen) atoms. The minimum atomic E-state index is -0.144. The normalized spacial score (nSPS) is 16.4. The van der Waals surface area contributed by atoms with Crippen LogP contribution in [0.4, 0.5) is 0 Å². The van der Waals surface area contributed by atoms with Crippen LogP contribution in [-0.2, 0) is 13.0 Å². The molecule has 0 aliphatic carbocycles. The third kappa shape index (κ3) is 4.49. The van der Waals surface area contributed by atoms with E-state index in [1.54, 1.807) is 24.3 Å². The highest BCUT2D eigenvalue weighted by atomic mass is 35.5. The van der Waals surface area contributed by atoms with E-state index in [0.717, 1.165) is 40.4 Å². The molecule has 2 aliphatic rings. The standard InChI is InChI=1S/C26H20Cl3NO3/c1-15-10-22-19(13-30(14-32-22)9-8-16-2-5-18(27)6-3-16)26-24(15)25(31)23(33-26)12-17-4-7-20(28)21(29)11-17/h2-7,10-12H,8-9,13-14H2,1H3/b23-12+. The Morgan fingerprint density at radius 1 is 1.03 bits per heavy atom. The van der Waals surface area contributed by atoms with Crippen LogP contribution in [0.5, 0.6) is 11.5 Å². The van der Waals surface area contributed by atoms with Crippen molar-refractivity contribution in [3.05, 3.63) is 97.2 Å². The fourth-order valence-corrected chi connectivity index (χ4v) is 4.54. The van der Waals surface area contributed by atoms with Gasteiger partial charge in [0.05, 0.1) is 21.2 Å². The van der Waals surface area contributed by atoms with Crippen molar-refractivity contribution >= 4 is 46.7 Å². The van der Waals surface area contributed by atoms with Gasteiger partial charge in [-0.2, -0.15) is 0 Å². The highest BCUT2D eigenvalue weighted by Gasteiger charge is 2.35. The van der Waals surface area contributed by atoms with Gasteiger partial charge in [0, 0.05) is 18.1 Å². The summed E-state index contributed by atoms with van der Waals surface area (Å²) >= 11 is 18.1. The van der Waals surface area contributed by atoms with Crippen molar-refractivity contribution in [2.24, 2.45) is 0 Å². The number of benzene rings is 3. The molecule has 2 aliphatic heterocycles. The molecule has 0 radical (unpaired) electrons. The molecule has 7 heteroatoms. The van der Waals surface area contributed by atoms with E-state index in [-0.39, 0.29) is 11.5 Å². The molecule has 0 bridgehead atoms. The second kappa shape index (κ2) is 9.03. The third-order valence-electron chi connectivity index (χ3n) is 5.86. The van der Waals surface area contributed by atoms with Gasteiger partial charge < -0.3 is 9.47 Å². The Labute approximate surface area is 207 Å². The molecular formula is C26H20Cl3NO3. The number of Topliss-reactive ketones (excluding diaryl/α,β-unsaturated/α-hetero) is 1. The van der Waals surface area contributed by atoms with Crippen molar-refractivity contribution in [2.45, 2.75) is 19.9 Å². The molecule has 0 unspecified atom stereocenters. The van der Waals surface area contributed by atoms with Crippen molar-refractivity contribution in [3.63, 3.8) is 0 Å². The first kappa shape index (κ1) is 22.3. The maximum Gasteiger partial charge on any atom is 0.232 e. The molecule has 4 nitrogen and oxygen atoms in total. The number of allylic oxidation sites excluding steroid dienone is 1. The van der Waals surface area contributed by atoms with E-state index in [9.17, 15) is 4.79 Å². The summed E-state index contributed by atoms with van der Waals surface area (Å²) in [4.78, 5) is 15.4. The van der Waals surface area contributed by atoms with Crippen molar-refractivity contribution in [3.8, 4) is 11.5 Å². The molecular weight excluding hydrogens is 481 g/mol. The molecule has 0 saturated heterocycles. The minimum absolute atomic E-state index is 0.144. The van der Waals surface area contributed by atoms with Gasteiger partial charge in [0.2, 0.25) is 5.78 Å². The van der Waals surface area contributed by atoms with E-state index in [1.807, 2.05) is 37.3 Å². The van der Waals surface area contributed by atoms with Crippen LogP contribution in [0, 0.1) is 6.92 Å². The lowest BCUT2D eigenvalue weighted by Gasteiger charge is -2.30. The summed E-state index contributed by atoms with van der Waals surface area (Å²) in [5.74, 6) is 1.46. The van der Waals surface area contributed by atoms with E-state index in [4.69, 9.17) is 44.3 Å². The summed E-state index contributed by atoms with van der Waals surface area (Å²) < 4.78 is 12.1. The summed E-state index contributed by atoms with van der Waals surface area (Å²) in [7, 11) is 0. The summed E-state index contributed by atoms with van der Waals surface area (Å²) in [6.07, 6.45) is 2.56. The lowest BCUT2D eigenvalue weighted by atomic mass is 9.98. The van der Waals surface area contributed by atoms with Crippen molar-refractivity contribution in [1.82, 2.24) is 4.90 Å². The number of carbonyl (C=O) groups is 1. The number of aryl methyl sites for hydroxylation is 1. The lowest BCUT2D eigenvalue weighted by molar-refractivity contribution is 0.0949. The van der Waals surface area contributed by atoms with Crippen LogP contribution in [0.1, 0.15) is 32.6 Å². The Bertz CT molecular complexity index is 1280. The number of rotatable bonds is 4. The molecule has 0 spiro atoms. The molecule has 168 valence electrons. The van der Waals surface area contributed by atoms with E-state index >= 15 is 0 Å². The number of hydrogen-bond acceptors (Lipinski definition) is 4. The number of hydrogen-bond donors (Lipinski definition) is 0. The average molecular weight is 501 g/mol. The number of halogens is 3. The van der Waals surface area contributed by atoms with Gasteiger partial charge >= 0.3 is 0 Å². The molecule has 5 rings (SSSR count). The van der Waals surface area contributed by atoms with Gasteiger partial charge in [-0.25, -0.2) is 0 Å². The van der Waals surface area contributed by atoms with Gasteiger partial charge in [-0.05, 0) is 66.4 Å². The summed E-state index contributed by atoms with van der Waals surface area (Å²) in [5.41, 5.74) is 4.26. The van der Waals surface area contributed by atoms with Gasteiger partial charge in [-0.3, -0.25) is 9.69 Å². The van der Waals surface area contributed by atoms with E-state index in [1.165, 1.54) is 5.56 Å². The summed E-state index contributed by atoms with van der Waals surface area (Å²) in [6.45, 7) is 3.83. The zero-order valence-corrected chi connectivity index (χ0v) is 20.1. The smallest absolute Gasteiger partial charge is 0.232 e. The fraction of sp³-hybridized carbons (Fsp3) is 0.192. The minimum Gasteiger partial charge on any atom is -0.478 e. The zero-order chi connectivity index (χ0) is 23.1. The predicted octanol–water partition coefficient (Wildman–Crippen LogP) is 6.97. The molecule has 0 aromatic heterocycles. The molecule has 0 atom stereocenters. The molecule has 3 aromatic rings. The highest BCUT2D eigenvalue weighted by molar-refractivity contribution is 6.42. The Morgan fingerprint density at radius 2 is 1.82 bits per heavy atom. The largest absolute Gasteiger partial charge is 0.478 e. The van der Waals surface area contributed by atoms with Crippen molar-refractivity contribution in [2.75, 3.05) is 13.3 Å². The van der Waals surface area contributed by atoms with Crippen LogP contribution in [-0.4, -0.2) is 24.0 Å². The van der Waals surface area contributed by atoms with Crippen LogP contribution in [0.25, 0.3) is 6.08 Å². The SMILES string of the molecule is Cc1cc2c(c3c1C(=O)/C(=C\c1ccc(Cl)c(Cl)c1)O3)CN(CCc1ccc(Cl)cc1)CO2. The molecule has 0 saturated carbocycles. The fourth-order valence-electron chi connectivity index (χ4n) is 4.11. The van der Waals surface area contributed by atoms with E-state index < -0.39 is 0 Å². The highest BCUT2D eigenvalue weighted by Crippen LogP contribution is 2.44. The predicted molar refractivity (Wildman–Crippen MR) is 132 cm³/mol. The van der Waals surface area contributed by atoms with E-state index in [0.29, 0.717) is 34.6 Å². The van der Waals surface area contributed by atoms with Gasteiger partial charge in [0.25, 0.3) is 0 Å². The van der Waals surface area contributed by atoms with Crippen molar-refractivity contribution in [1.29, 1.82) is 0 Å². The molecule has 0 N–H and O–H groups in total. The van der Waals surface area contributed by atoms with Gasteiger partial charge in [-0.1, -0.05) is 53.0 Å². The molecule has 3 aromatic carbocycles.